The summed E-state index contributed by atoms with van der Waals surface area (Å²) in [5.41, 5.74) is 0. The molecule has 0 aliphatic heterocycles. The van der Waals surface area contributed by atoms with Crippen LogP contribution < -0.4 is 0 Å². The first kappa shape index (κ1) is 36.0. The van der Waals surface area contributed by atoms with Gasteiger partial charge in [0, 0.05) is 32.2 Å². The van der Waals surface area contributed by atoms with Crippen molar-refractivity contribution in [1.82, 2.24) is 0 Å². The van der Waals surface area contributed by atoms with E-state index in [1.165, 1.54) is 0 Å². The lowest BCUT2D eigenvalue weighted by molar-refractivity contribution is -0.159. The molecule has 214 valence electrons. The molecule has 0 saturated heterocycles. The summed E-state index contributed by atoms with van der Waals surface area (Å²) in [6.07, 6.45) is 5.72. The Morgan fingerprint density at radius 1 is 0.972 bits per heavy atom. The minimum atomic E-state index is -1.85. The molecule has 5 nitrogen and oxygen atoms in total. The number of carbonyl (C=O) groups excluding carboxylic acids is 1. The SMILES string of the molecule is CCC(CC(OC)C(C)CCC(OC(=O)C(C)C)C(C)C(OC)C(C)/C=C/I)O[Si](C)(C)C(C)(C)C. The van der Waals surface area contributed by atoms with Gasteiger partial charge in [-0.1, -0.05) is 91.0 Å². The highest BCUT2D eigenvalue weighted by molar-refractivity contribution is 14.1. The zero-order valence-corrected chi connectivity index (χ0v) is 28.7. The zero-order chi connectivity index (χ0) is 28.3. The van der Waals surface area contributed by atoms with E-state index >= 15 is 0 Å². The van der Waals surface area contributed by atoms with Crippen molar-refractivity contribution in [3.63, 3.8) is 0 Å². The topological polar surface area (TPSA) is 54.0 Å². The van der Waals surface area contributed by atoms with E-state index in [1.54, 1.807) is 14.2 Å². The van der Waals surface area contributed by atoms with E-state index in [0.717, 1.165) is 25.7 Å². The molecule has 0 aliphatic carbocycles. The van der Waals surface area contributed by atoms with Crippen LogP contribution in [0.5, 0.6) is 0 Å². The van der Waals surface area contributed by atoms with Gasteiger partial charge in [0.2, 0.25) is 0 Å². The Labute approximate surface area is 238 Å². The first-order valence-corrected chi connectivity index (χ1v) is 17.9. The first-order valence-electron chi connectivity index (χ1n) is 13.8. The molecule has 0 aromatic carbocycles. The summed E-state index contributed by atoms with van der Waals surface area (Å²) in [5.74, 6) is 0.299. The van der Waals surface area contributed by atoms with Crippen LogP contribution in [0, 0.1) is 23.7 Å². The number of hydrogen-bond donors (Lipinski definition) is 0. The summed E-state index contributed by atoms with van der Waals surface area (Å²) < 4.78 is 26.7. The fourth-order valence-corrected chi connectivity index (χ4v) is 6.49. The zero-order valence-electron chi connectivity index (χ0n) is 25.5. The van der Waals surface area contributed by atoms with Crippen molar-refractivity contribution in [1.29, 1.82) is 0 Å². The second-order valence-electron chi connectivity index (χ2n) is 12.3. The van der Waals surface area contributed by atoms with Crippen LogP contribution >= 0.6 is 22.6 Å². The highest BCUT2D eigenvalue weighted by Crippen LogP contribution is 2.38. The van der Waals surface area contributed by atoms with Crippen LogP contribution in [-0.4, -0.2) is 52.9 Å². The van der Waals surface area contributed by atoms with Gasteiger partial charge in [0.15, 0.2) is 8.32 Å². The molecular formula is C29H57IO5Si. The summed E-state index contributed by atoms with van der Waals surface area (Å²) in [6, 6.07) is 0. The lowest BCUT2D eigenvalue weighted by atomic mass is 9.84. The van der Waals surface area contributed by atoms with Crippen LogP contribution in [0.2, 0.25) is 18.1 Å². The molecule has 0 aromatic rings. The van der Waals surface area contributed by atoms with Crippen molar-refractivity contribution in [3.05, 3.63) is 10.2 Å². The van der Waals surface area contributed by atoms with Crippen molar-refractivity contribution >= 4 is 36.9 Å². The van der Waals surface area contributed by atoms with E-state index in [-0.39, 0.29) is 53.2 Å². The molecule has 0 aromatic heterocycles. The van der Waals surface area contributed by atoms with Crippen LogP contribution in [0.15, 0.2) is 10.2 Å². The Kier molecular flexibility index (Phi) is 16.9. The van der Waals surface area contributed by atoms with Gasteiger partial charge in [0.05, 0.1) is 18.1 Å². The molecule has 7 atom stereocenters. The Bertz CT molecular complexity index is 646. The third-order valence-electron chi connectivity index (χ3n) is 8.07. The fourth-order valence-electron chi connectivity index (χ4n) is 4.38. The molecule has 7 heteroatoms. The molecule has 0 heterocycles. The molecule has 0 amide bonds. The second kappa shape index (κ2) is 16.9. The van der Waals surface area contributed by atoms with Crippen molar-refractivity contribution in [2.45, 2.75) is 131 Å². The van der Waals surface area contributed by atoms with E-state index in [4.69, 9.17) is 18.6 Å². The molecular weight excluding hydrogens is 583 g/mol. The van der Waals surface area contributed by atoms with Gasteiger partial charge in [-0.15, -0.1) is 0 Å². The maximum atomic E-state index is 12.6. The normalized spacial score (nSPS) is 19.1. The third kappa shape index (κ3) is 11.8. The summed E-state index contributed by atoms with van der Waals surface area (Å²) >= 11 is 2.24. The number of methoxy groups -OCH3 is 2. The fraction of sp³-hybridized carbons (Fsp3) is 0.897. The van der Waals surface area contributed by atoms with E-state index < -0.39 is 8.32 Å². The molecule has 0 rings (SSSR count). The maximum absolute atomic E-state index is 12.6. The van der Waals surface area contributed by atoms with Gasteiger partial charge in [0.25, 0.3) is 0 Å². The van der Waals surface area contributed by atoms with Crippen molar-refractivity contribution < 1.29 is 23.4 Å². The Morgan fingerprint density at radius 2 is 1.56 bits per heavy atom. The van der Waals surface area contributed by atoms with Crippen LogP contribution in [-0.2, 0) is 23.4 Å². The lowest BCUT2D eigenvalue weighted by Crippen LogP contribution is -2.45. The second-order valence-corrected chi connectivity index (χ2v) is 17.8. The van der Waals surface area contributed by atoms with Gasteiger partial charge < -0.3 is 18.6 Å². The number of halogens is 1. The maximum Gasteiger partial charge on any atom is 0.308 e. The molecule has 0 bridgehead atoms. The summed E-state index contributed by atoms with van der Waals surface area (Å²) in [5, 5.41) is 0.180. The van der Waals surface area contributed by atoms with Gasteiger partial charge in [-0.2, -0.15) is 0 Å². The number of esters is 1. The van der Waals surface area contributed by atoms with Gasteiger partial charge in [-0.25, -0.2) is 0 Å². The van der Waals surface area contributed by atoms with Gasteiger partial charge >= 0.3 is 5.97 Å². The molecule has 0 fully saturated rings. The predicted molar refractivity (Wildman–Crippen MR) is 163 cm³/mol. The van der Waals surface area contributed by atoms with Crippen LogP contribution in [0.3, 0.4) is 0 Å². The Morgan fingerprint density at radius 3 is 1.97 bits per heavy atom. The highest BCUT2D eigenvalue weighted by atomic mass is 127. The molecule has 0 radical (unpaired) electrons. The van der Waals surface area contributed by atoms with Crippen LogP contribution in [0.4, 0.5) is 0 Å². The number of carbonyl (C=O) groups is 1. The van der Waals surface area contributed by atoms with Crippen molar-refractivity contribution in [3.8, 4) is 0 Å². The Hall–Kier alpha value is 0.0369. The van der Waals surface area contributed by atoms with Crippen molar-refractivity contribution in [2.75, 3.05) is 14.2 Å². The number of ether oxygens (including phenoxy) is 3. The number of rotatable bonds is 17. The van der Waals surface area contributed by atoms with E-state index in [0.29, 0.717) is 5.92 Å². The van der Waals surface area contributed by atoms with E-state index in [9.17, 15) is 4.79 Å². The monoisotopic (exact) mass is 640 g/mol. The minimum Gasteiger partial charge on any atom is -0.462 e. The van der Waals surface area contributed by atoms with Crippen molar-refractivity contribution in [2.24, 2.45) is 23.7 Å². The molecule has 7 unspecified atom stereocenters. The minimum absolute atomic E-state index is 0.0306. The largest absolute Gasteiger partial charge is 0.462 e. The van der Waals surface area contributed by atoms with E-state index in [2.05, 4.69) is 90.2 Å². The summed E-state index contributed by atoms with van der Waals surface area (Å²) in [6.45, 7) is 24.0. The predicted octanol–water partition coefficient (Wildman–Crippen LogP) is 8.41. The average molecular weight is 641 g/mol. The standard InChI is InChI=1S/C29H57IO5Si/c1-14-24(35-36(12,13)29(7,8)9)19-26(32-10)21(4)15-16-25(34-28(31)20(2)3)23(6)27(33-11)22(5)17-18-30/h17-18,20-27H,14-16,19H2,1-13H3/b18-17+. The molecule has 0 saturated carbocycles. The van der Waals surface area contributed by atoms with Crippen LogP contribution in [0.1, 0.15) is 88.0 Å². The van der Waals surface area contributed by atoms with Gasteiger partial charge in [-0.3, -0.25) is 4.79 Å². The van der Waals surface area contributed by atoms with Crippen LogP contribution in [0.25, 0.3) is 0 Å². The van der Waals surface area contributed by atoms with E-state index in [1.807, 2.05) is 17.9 Å². The summed E-state index contributed by atoms with van der Waals surface area (Å²) in [4.78, 5) is 12.6. The molecule has 0 spiro atoms. The highest BCUT2D eigenvalue weighted by Gasteiger charge is 2.39. The van der Waals surface area contributed by atoms with Gasteiger partial charge in [0.1, 0.15) is 6.10 Å². The lowest BCUT2D eigenvalue weighted by Gasteiger charge is -2.40. The molecule has 36 heavy (non-hydrogen) atoms. The summed E-state index contributed by atoms with van der Waals surface area (Å²) in [7, 11) is 1.70. The average Bonchev–Trinajstić information content (AvgIpc) is 2.78. The number of hydrogen-bond acceptors (Lipinski definition) is 5. The third-order valence-corrected chi connectivity index (χ3v) is 13.0. The van der Waals surface area contributed by atoms with Gasteiger partial charge in [-0.05, 0) is 53.8 Å². The smallest absolute Gasteiger partial charge is 0.308 e. The Balaban J connectivity index is 5.51. The quantitative estimate of drug-likeness (QED) is 0.0908. The first-order chi connectivity index (χ1) is 16.6. The molecule has 0 N–H and O–H groups in total. The molecule has 0 aliphatic rings.